The van der Waals surface area contributed by atoms with Gasteiger partial charge in [0.25, 0.3) is 15.9 Å². The van der Waals surface area contributed by atoms with Crippen LogP contribution >= 0.6 is 0 Å². The largest absolute Gasteiger partial charge is 0.366 e. The summed E-state index contributed by atoms with van der Waals surface area (Å²) in [4.78, 5) is 28.3. The zero-order chi connectivity index (χ0) is 30.5. The number of nitrogens with zero attached hydrogens (tertiary/aromatic N) is 8. The van der Waals surface area contributed by atoms with E-state index in [2.05, 4.69) is 48.7 Å². The Morgan fingerprint density at radius 1 is 1.07 bits per heavy atom. The molecule has 0 unspecified atom stereocenters. The molecule has 2 N–H and O–H groups in total. The fourth-order valence-electron chi connectivity index (χ4n) is 5.48. The predicted octanol–water partition coefficient (Wildman–Crippen LogP) is 3.31. The van der Waals surface area contributed by atoms with Crippen molar-refractivity contribution in [3.05, 3.63) is 90.4 Å². The number of nitrogens with one attached hydrogen (secondary N) is 2. The minimum absolute atomic E-state index is 0.0283. The van der Waals surface area contributed by atoms with Gasteiger partial charge in [-0.15, -0.1) is 9.19 Å². The Morgan fingerprint density at radius 3 is 2.68 bits per heavy atom. The van der Waals surface area contributed by atoms with Crippen LogP contribution in [0.2, 0.25) is 0 Å². The maximum Gasteiger partial charge on any atom is 0.284 e. The van der Waals surface area contributed by atoms with Crippen LogP contribution in [0.3, 0.4) is 0 Å². The van der Waals surface area contributed by atoms with Gasteiger partial charge >= 0.3 is 0 Å². The molecule has 0 spiro atoms. The van der Waals surface area contributed by atoms with Gasteiger partial charge < -0.3 is 15.5 Å². The summed E-state index contributed by atoms with van der Waals surface area (Å²) in [7, 11) is -3.85. The average Bonchev–Trinajstić information content (AvgIpc) is 3.76. The lowest BCUT2D eigenvalue weighted by molar-refractivity contribution is 0.0952. The van der Waals surface area contributed by atoms with E-state index in [1.165, 1.54) is 24.3 Å². The molecule has 1 saturated heterocycles. The molecule has 14 heteroatoms. The molecule has 1 aliphatic heterocycles. The lowest BCUT2D eigenvalue weighted by Crippen LogP contribution is -2.42. The number of rotatable bonds is 11. The normalized spacial score (nSPS) is 15.4. The first-order valence-corrected chi connectivity index (χ1v) is 16.1. The number of anilines is 2. The average molecular weight is 615 g/mol. The van der Waals surface area contributed by atoms with Crippen molar-refractivity contribution in [2.45, 2.75) is 56.5 Å². The highest BCUT2D eigenvalue weighted by molar-refractivity contribution is 7.89. The number of carbonyl (C=O) groups excluding carboxylic acids is 1. The summed E-state index contributed by atoms with van der Waals surface area (Å²) >= 11 is 0. The molecule has 1 atom stereocenters. The first-order valence-electron chi connectivity index (χ1n) is 14.7. The van der Waals surface area contributed by atoms with Gasteiger partial charge in [0.15, 0.2) is 5.65 Å². The molecule has 5 heterocycles. The van der Waals surface area contributed by atoms with Crippen LogP contribution in [0, 0.1) is 0 Å². The van der Waals surface area contributed by atoms with Crippen LogP contribution in [0.5, 0.6) is 0 Å². The molecule has 5 aromatic rings. The van der Waals surface area contributed by atoms with E-state index in [4.69, 9.17) is 4.98 Å². The third kappa shape index (κ3) is 6.11. The summed E-state index contributed by atoms with van der Waals surface area (Å²) in [5, 5.41) is 14.8. The summed E-state index contributed by atoms with van der Waals surface area (Å²) in [6.45, 7) is 4.06. The van der Waals surface area contributed by atoms with Gasteiger partial charge in [-0.3, -0.25) is 9.78 Å². The number of aromatic nitrogens is 7. The fourth-order valence-corrected chi connectivity index (χ4v) is 6.52. The number of pyridine rings is 1. The number of aryl methyl sites for hydroxylation is 1. The molecule has 1 amide bonds. The smallest absolute Gasteiger partial charge is 0.284 e. The maximum atomic E-state index is 12.9. The lowest BCUT2D eigenvalue weighted by atomic mass is 9.99. The zero-order valence-corrected chi connectivity index (χ0v) is 25.2. The van der Waals surface area contributed by atoms with Gasteiger partial charge in [-0.1, -0.05) is 13.0 Å². The minimum Gasteiger partial charge on any atom is -0.366 e. The molecule has 0 radical (unpaired) electrons. The van der Waals surface area contributed by atoms with Crippen LogP contribution < -0.4 is 15.5 Å². The molecular weight excluding hydrogens is 580 g/mol. The van der Waals surface area contributed by atoms with Crippen LogP contribution in [0.4, 0.5) is 11.6 Å². The number of fused-ring (bicyclic) bond motifs is 1. The van der Waals surface area contributed by atoms with Crippen LogP contribution in [0.25, 0.3) is 5.65 Å². The van der Waals surface area contributed by atoms with Crippen molar-refractivity contribution in [1.82, 2.24) is 39.1 Å². The fraction of sp³-hybridized carbons (Fsp3) is 0.333. The van der Waals surface area contributed by atoms with Gasteiger partial charge in [0.1, 0.15) is 24.3 Å². The Bertz CT molecular complexity index is 1820. The zero-order valence-electron chi connectivity index (χ0n) is 24.4. The Labute approximate surface area is 255 Å². The minimum atomic E-state index is -3.85. The van der Waals surface area contributed by atoms with Gasteiger partial charge in [0.2, 0.25) is 0 Å². The number of hydrogen-bond donors (Lipinski definition) is 2. The molecule has 228 valence electrons. The van der Waals surface area contributed by atoms with Crippen LogP contribution in [0.15, 0.2) is 78.6 Å². The van der Waals surface area contributed by atoms with Crippen molar-refractivity contribution in [2.75, 3.05) is 23.3 Å². The van der Waals surface area contributed by atoms with Crippen LogP contribution in [-0.4, -0.2) is 67.2 Å². The highest BCUT2D eigenvalue weighted by Gasteiger charge is 2.25. The first-order chi connectivity index (χ1) is 21.4. The standard InChI is InChI=1S/C30H34N10O3S/c1-2-23-19-35-40-27(34-18-22-6-5-13-31-17-22)16-28(37-29(23)40)38-15-4-3-7-25(38)12-14-33-30(41)24-8-10-26(11-9-24)44(42,43)39-21-32-20-36-39/h5-6,8-11,13,16-17,19-21,25,34H,2-4,7,12,14-15,18H2,1H3,(H,33,41)/t25-/m0/s1. The van der Waals surface area contributed by atoms with Gasteiger partial charge in [0.05, 0.1) is 11.1 Å². The second-order valence-corrected chi connectivity index (χ2v) is 12.5. The van der Waals surface area contributed by atoms with Gasteiger partial charge in [-0.2, -0.15) is 18.0 Å². The molecule has 0 aliphatic carbocycles. The third-order valence-electron chi connectivity index (χ3n) is 7.85. The number of piperidine rings is 1. The van der Waals surface area contributed by atoms with Crippen molar-refractivity contribution in [2.24, 2.45) is 0 Å². The summed E-state index contributed by atoms with van der Waals surface area (Å²) in [5.41, 5.74) is 3.37. The summed E-state index contributed by atoms with van der Waals surface area (Å²) in [5.74, 6) is 1.49. The van der Waals surface area contributed by atoms with E-state index in [-0.39, 0.29) is 16.8 Å². The highest BCUT2D eigenvalue weighted by Crippen LogP contribution is 2.29. The molecule has 1 fully saturated rings. The van der Waals surface area contributed by atoms with E-state index < -0.39 is 10.0 Å². The van der Waals surface area contributed by atoms with Crippen LogP contribution in [-0.2, 0) is 23.0 Å². The number of benzene rings is 1. The summed E-state index contributed by atoms with van der Waals surface area (Å²) in [6.07, 6.45) is 12.5. The van der Waals surface area contributed by atoms with E-state index in [0.717, 1.165) is 83.8 Å². The predicted molar refractivity (Wildman–Crippen MR) is 165 cm³/mol. The Balaban J connectivity index is 1.14. The molecule has 44 heavy (non-hydrogen) atoms. The second kappa shape index (κ2) is 12.8. The Hall–Kier alpha value is -4.85. The van der Waals surface area contributed by atoms with E-state index in [9.17, 15) is 13.2 Å². The Morgan fingerprint density at radius 2 is 1.93 bits per heavy atom. The summed E-state index contributed by atoms with van der Waals surface area (Å²) in [6, 6.07) is 12.0. The van der Waals surface area contributed by atoms with Crippen molar-refractivity contribution in [1.29, 1.82) is 0 Å². The van der Waals surface area contributed by atoms with Gasteiger partial charge in [-0.25, -0.2) is 9.97 Å². The monoisotopic (exact) mass is 614 g/mol. The van der Waals surface area contributed by atoms with Crippen LogP contribution in [0.1, 0.15) is 54.1 Å². The van der Waals surface area contributed by atoms with Crippen molar-refractivity contribution in [3.63, 3.8) is 0 Å². The van der Waals surface area contributed by atoms with Gasteiger partial charge in [0, 0.05) is 55.3 Å². The molecule has 1 aliphatic rings. The molecular formula is C30H34N10O3S. The highest BCUT2D eigenvalue weighted by atomic mass is 32.2. The molecule has 4 aromatic heterocycles. The van der Waals surface area contributed by atoms with E-state index in [1.54, 1.807) is 6.20 Å². The number of hydrogen-bond acceptors (Lipinski definition) is 10. The summed E-state index contributed by atoms with van der Waals surface area (Å²) < 4.78 is 27.9. The lowest BCUT2D eigenvalue weighted by Gasteiger charge is -2.37. The molecule has 0 saturated carbocycles. The molecule has 6 rings (SSSR count). The first kappa shape index (κ1) is 29.2. The second-order valence-electron chi connectivity index (χ2n) is 10.7. The molecule has 1 aromatic carbocycles. The quantitative estimate of drug-likeness (QED) is 0.227. The van der Waals surface area contributed by atoms with Crippen molar-refractivity contribution >= 4 is 33.2 Å². The molecule has 13 nitrogen and oxygen atoms in total. The SMILES string of the molecule is CCc1cnn2c(NCc3cccnc3)cc(N3CCCC[C@H]3CCNC(=O)c3ccc(S(=O)(=O)n4cncn4)cc3)nc12. The van der Waals surface area contributed by atoms with Gasteiger partial charge in [-0.05, 0) is 68.0 Å². The topological polar surface area (TPSA) is 152 Å². The van der Waals surface area contributed by atoms with Crippen molar-refractivity contribution in [3.8, 4) is 0 Å². The van der Waals surface area contributed by atoms with E-state index >= 15 is 0 Å². The van der Waals surface area contributed by atoms with E-state index in [1.807, 2.05) is 29.0 Å². The van der Waals surface area contributed by atoms with E-state index in [0.29, 0.717) is 18.7 Å². The number of carbonyl (C=O) groups is 1. The van der Waals surface area contributed by atoms with Crippen molar-refractivity contribution < 1.29 is 13.2 Å². The number of amides is 1. The molecule has 0 bridgehead atoms. The maximum absolute atomic E-state index is 12.9. The Kier molecular flexibility index (Phi) is 8.50. The third-order valence-corrected chi connectivity index (χ3v) is 9.40.